The number of hydrogen-bond donors (Lipinski definition) is 2. The van der Waals surface area contributed by atoms with Gasteiger partial charge in [-0.1, -0.05) is 215 Å². The maximum atomic E-state index is 13.5. The van der Waals surface area contributed by atoms with Gasteiger partial charge in [0.15, 0.2) is 0 Å². The molecule has 540 valence electrons. The van der Waals surface area contributed by atoms with Crippen LogP contribution in [0.2, 0.25) is 0 Å². The van der Waals surface area contributed by atoms with Gasteiger partial charge in [0.2, 0.25) is 0 Å². The number of rotatable bonds is 12. The van der Waals surface area contributed by atoms with Crippen molar-refractivity contribution in [2.24, 2.45) is 0 Å². The average Bonchev–Trinajstić information content (AvgIpc) is 1.54. The van der Waals surface area contributed by atoms with Crippen LogP contribution in [0, 0.1) is 68.5 Å². The minimum Gasteiger partial charge on any atom is -0.460 e. The van der Waals surface area contributed by atoms with Gasteiger partial charge < -0.3 is 19.6 Å². The fraction of sp³-hybridized carbons (Fsp3) is 0.292. The minimum atomic E-state index is -0.509. The highest BCUT2D eigenvalue weighted by molar-refractivity contribution is 6.01. The first-order valence-electron chi connectivity index (χ1n) is 36.8. The van der Waals surface area contributed by atoms with Gasteiger partial charge in [0, 0.05) is 73.3 Å². The third kappa shape index (κ3) is 16.1. The van der Waals surface area contributed by atoms with E-state index in [4.69, 9.17) is 14.7 Å². The second-order valence-corrected chi connectivity index (χ2v) is 34.0. The van der Waals surface area contributed by atoms with Crippen LogP contribution < -0.4 is 4.90 Å². The number of nitrogens with zero attached hydrogens (tertiary/aromatic N) is 8. The molecule has 11 rings (SSSR count). The SMILES string of the molecule is CCN(CCOC(=O)c1ccc(C#Cc2ccc(-c3c4nc(c(-c5ccc(C(C)(C)C)cc5C(C)(C)C)c5ccc([nH]5)c(-c5ccc(C(C)(C)C)cc5C(C)(C)C)c5nc(c(-c6ccc(C(C)(C)C)cc6C(C)(C)C)c6ccc3[nH]6)C=C5)C=C4)cc2)cc1)c1ccc(C(=C(C#N)C#N)C(C#N)=C(C#N)C#N)cc1. The van der Waals surface area contributed by atoms with Crippen molar-refractivity contribution in [1.82, 2.24) is 19.9 Å². The average molecular weight is 1420 g/mol. The minimum absolute atomic E-state index is 0.0640. The lowest BCUT2D eigenvalue weighted by atomic mass is 9.77. The van der Waals surface area contributed by atoms with Crippen molar-refractivity contribution in [3.63, 3.8) is 0 Å². The summed E-state index contributed by atoms with van der Waals surface area (Å²) in [5.41, 5.74) is 23.2. The molecule has 0 spiro atoms. The summed E-state index contributed by atoms with van der Waals surface area (Å²) in [6.07, 6.45) is 8.76. The lowest BCUT2D eigenvalue weighted by Crippen LogP contribution is -2.28. The number of nitriles is 5. The van der Waals surface area contributed by atoms with E-state index in [0.29, 0.717) is 29.8 Å². The molecule has 2 N–H and O–H groups in total. The maximum absolute atomic E-state index is 13.5. The van der Waals surface area contributed by atoms with Crippen molar-refractivity contribution >= 4 is 63.6 Å². The van der Waals surface area contributed by atoms with Crippen LogP contribution in [0.1, 0.15) is 215 Å². The predicted molar refractivity (Wildman–Crippen MR) is 442 cm³/mol. The molecule has 0 saturated heterocycles. The molecular formula is C96H94N10O2. The molecule has 9 aromatic rings. The highest BCUT2D eigenvalue weighted by Crippen LogP contribution is 2.47. The third-order valence-electron chi connectivity index (χ3n) is 20.1. The van der Waals surface area contributed by atoms with Crippen molar-refractivity contribution in [2.75, 3.05) is 24.6 Å². The summed E-state index contributed by atoms with van der Waals surface area (Å²) < 4.78 is 5.76. The number of H-pyrrole nitrogens is 2. The smallest absolute Gasteiger partial charge is 0.338 e. The van der Waals surface area contributed by atoms with E-state index in [0.717, 1.165) is 101 Å². The molecular weight excluding hydrogens is 1330 g/mol. The number of aromatic nitrogens is 4. The van der Waals surface area contributed by atoms with Gasteiger partial charge in [-0.3, -0.25) is 0 Å². The molecule has 8 bridgehead atoms. The first-order valence-corrected chi connectivity index (χ1v) is 36.8. The van der Waals surface area contributed by atoms with Crippen molar-refractivity contribution in [3.05, 3.63) is 247 Å². The van der Waals surface area contributed by atoms with E-state index >= 15 is 0 Å². The van der Waals surface area contributed by atoms with Gasteiger partial charge in [-0.25, -0.2) is 14.8 Å². The Hall–Kier alpha value is -12.3. The van der Waals surface area contributed by atoms with E-state index in [1.165, 1.54) is 33.4 Å². The molecule has 12 nitrogen and oxygen atoms in total. The van der Waals surface area contributed by atoms with Crippen molar-refractivity contribution in [2.45, 2.75) is 164 Å². The number of allylic oxidation sites excluding steroid dienone is 4. The van der Waals surface area contributed by atoms with Crippen LogP contribution in [0.3, 0.4) is 0 Å². The lowest BCUT2D eigenvalue weighted by molar-refractivity contribution is 0.0515. The molecule has 0 amide bonds. The Labute approximate surface area is 637 Å². The molecule has 0 fully saturated rings. The number of benzene rings is 6. The summed E-state index contributed by atoms with van der Waals surface area (Å²) in [5, 5.41) is 48.4. The number of carbonyl (C=O) groups is 1. The molecule has 5 heterocycles. The van der Waals surface area contributed by atoms with Crippen LogP contribution in [0.4, 0.5) is 5.69 Å². The van der Waals surface area contributed by atoms with Crippen molar-refractivity contribution in [1.29, 1.82) is 26.3 Å². The molecule has 6 aromatic carbocycles. The van der Waals surface area contributed by atoms with E-state index in [1.807, 2.05) is 30.0 Å². The first kappa shape index (κ1) is 76.8. The normalized spacial score (nSPS) is 12.2. The largest absolute Gasteiger partial charge is 0.460 e. The molecule has 2 aliphatic heterocycles. The van der Waals surface area contributed by atoms with Crippen molar-refractivity contribution in [3.8, 4) is 86.7 Å². The number of nitrogens with one attached hydrogen (secondary N) is 2. The zero-order valence-electron chi connectivity index (χ0n) is 65.8. The predicted octanol–water partition coefficient (Wildman–Crippen LogP) is 22.9. The Morgan fingerprint density at radius 2 is 0.759 bits per heavy atom. The van der Waals surface area contributed by atoms with Gasteiger partial charge in [-0.05, 0) is 198 Å². The topological polar surface area (TPSA) is 206 Å². The van der Waals surface area contributed by atoms with Crippen LogP contribution in [0.15, 0.2) is 168 Å². The number of hydrogen-bond acceptors (Lipinski definition) is 10. The van der Waals surface area contributed by atoms with Crippen LogP contribution >= 0.6 is 0 Å². The summed E-state index contributed by atoms with van der Waals surface area (Å²) in [6, 6.07) is 60.7. The number of carbonyl (C=O) groups excluding carboxylic acids is 1. The van der Waals surface area contributed by atoms with E-state index in [1.54, 1.807) is 72.8 Å². The Morgan fingerprint density at radius 3 is 1.10 bits per heavy atom. The Morgan fingerprint density at radius 1 is 0.407 bits per heavy atom. The second kappa shape index (κ2) is 29.9. The molecule has 0 unspecified atom stereocenters. The number of likely N-dealkylation sites (N-methyl/N-ethyl adjacent to an activating group) is 1. The van der Waals surface area contributed by atoms with Crippen LogP contribution in [-0.2, 0) is 37.2 Å². The molecule has 3 aromatic heterocycles. The number of esters is 1. The molecule has 108 heavy (non-hydrogen) atoms. The summed E-state index contributed by atoms with van der Waals surface area (Å²) in [4.78, 5) is 35.2. The first-order chi connectivity index (χ1) is 51.0. The fourth-order valence-electron chi connectivity index (χ4n) is 14.0. The van der Waals surface area contributed by atoms with Crippen LogP contribution in [0.5, 0.6) is 0 Å². The molecule has 12 heteroatoms. The van der Waals surface area contributed by atoms with Gasteiger partial charge in [0.1, 0.15) is 48.1 Å². The summed E-state index contributed by atoms with van der Waals surface area (Å²) in [5.74, 6) is 6.19. The summed E-state index contributed by atoms with van der Waals surface area (Å²) in [7, 11) is 0. The zero-order chi connectivity index (χ0) is 78.2. The van der Waals surface area contributed by atoms with Gasteiger partial charge in [0.25, 0.3) is 0 Å². The van der Waals surface area contributed by atoms with Gasteiger partial charge in [-0.2, -0.15) is 26.3 Å². The van der Waals surface area contributed by atoms with E-state index < -0.39 is 17.1 Å². The van der Waals surface area contributed by atoms with Crippen LogP contribution in [0.25, 0.3) is 96.5 Å². The Bertz CT molecular complexity index is 5590. The molecule has 0 radical (unpaired) electrons. The quantitative estimate of drug-likeness (QED) is 0.0512. The van der Waals surface area contributed by atoms with E-state index in [-0.39, 0.29) is 50.2 Å². The van der Waals surface area contributed by atoms with Crippen molar-refractivity contribution < 1.29 is 9.53 Å². The Kier molecular flexibility index (Phi) is 21.3. The number of aromatic amines is 2. The standard InChI is InChI=1S/C96H94N10O2/c1-20-106(69-36-31-61(32-37-69)85(65(56-99)57-100)73(58-101)64(54-97)55-98)49-50-108-90(107)63-29-25-60(26-30-63)22-21-59-23-27-62(28-24-59)86-77-41-43-79(102-77)87(70-38-33-66(91(2,3)4)51-74(70)94(11,12)13)81-45-47-83(104-81)89(72-40-35-68(93(8,9)10)53-76(72)96(17,18)19)84-48-46-82(105-84)88(80-44-42-78(86)103-80)71-39-34-67(92(5,6)7)52-75(71)95(14,15)16/h23-48,51-53,102,105H,20,49-50H2,1-19H3. The number of ether oxygens (including phenoxy) is 1. The molecule has 0 saturated carbocycles. The number of fused-ring (bicyclic) bond motifs is 8. The molecule has 0 aliphatic carbocycles. The molecule has 0 atom stereocenters. The van der Waals surface area contributed by atoms with Gasteiger partial charge in [-0.15, -0.1) is 0 Å². The fourth-order valence-corrected chi connectivity index (χ4v) is 14.0. The Balaban J connectivity index is 1.02. The van der Waals surface area contributed by atoms with E-state index in [9.17, 15) is 31.1 Å². The zero-order valence-corrected chi connectivity index (χ0v) is 65.8. The third-order valence-corrected chi connectivity index (χ3v) is 20.1. The van der Waals surface area contributed by atoms with Gasteiger partial charge in [0.05, 0.1) is 40.5 Å². The monoisotopic (exact) mass is 1420 g/mol. The highest BCUT2D eigenvalue weighted by atomic mass is 16.5. The molecule has 2 aliphatic rings. The summed E-state index contributed by atoms with van der Waals surface area (Å²) >= 11 is 0. The number of anilines is 1. The van der Waals surface area contributed by atoms with Gasteiger partial charge >= 0.3 is 5.97 Å². The lowest BCUT2D eigenvalue weighted by Gasteiger charge is -2.28. The maximum Gasteiger partial charge on any atom is 0.338 e. The second-order valence-electron chi connectivity index (χ2n) is 34.0. The van der Waals surface area contributed by atoms with Crippen LogP contribution in [-0.4, -0.2) is 45.6 Å². The highest BCUT2D eigenvalue weighted by Gasteiger charge is 2.31. The summed E-state index contributed by atoms with van der Waals surface area (Å²) in [6.45, 7) is 44.1. The van der Waals surface area contributed by atoms with E-state index in [2.05, 4.69) is 262 Å².